The third kappa shape index (κ3) is 5.06. The summed E-state index contributed by atoms with van der Waals surface area (Å²) < 4.78 is 16.3. The van der Waals surface area contributed by atoms with E-state index in [1.807, 2.05) is 38.1 Å². The van der Waals surface area contributed by atoms with E-state index in [0.717, 1.165) is 17.1 Å². The molecule has 0 heterocycles. The quantitative estimate of drug-likeness (QED) is 0.530. The Labute approximate surface area is 136 Å². The fraction of sp³-hybridized carbons (Fsp3) is 0.500. The van der Waals surface area contributed by atoms with Crippen LogP contribution < -0.4 is 0 Å². The Morgan fingerprint density at radius 1 is 1.24 bits per heavy atom. The molecule has 0 aromatic heterocycles. The third-order valence-corrected chi connectivity index (χ3v) is 10.6. The molecule has 0 aliphatic heterocycles. The van der Waals surface area contributed by atoms with Crippen LogP contribution in [0.1, 0.15) is 25.8 Å². The van der Waals surface area contributed by atoms with Crippen LogP contribution in [0.2, 0.25) is 0 Å². The highest BCUT2D eigenvalue weighted by Gasteiger charge is 2.35. The van der Waals surface area contributed by atoms with Crippen molar-refractivity contribution >= 4 is 35.9 Å². The standard InChI is InChI=1S/C14H23N2O2PS2/c1-6-11-20-19(18,15(4)13(3)17)16(5)21-14-9-7-12(2)8-10-14/h7-10H,6,11H2,1-5H3. The number of carbonyl (C=O) groups is 1. The largest absolute Gasteiger partial charge is 0.306 e. The number of carbonyl (C=O) groups excluding carboxylic acids is 1. The Kier molecular flexibility index (Phi) is 7.34. The molecule has 1 aromatic carbocycles. The Morgan fingerprint density at radius 3 is 2.29 bits per heavy atom. The molecule has 0 aliphatic rings. The van der Waals surface area contributed by atoms with Crippen LogP contribution in [0.3, 0.4) is 0 Å². The van der Waals surface area contributed by atoms with E-state index >= 15 is 0 Å². The Hall–Kier alpha value is -0.420. The molecule has 1 unspecified atom stereocenters. The zero-order valence-electron chi connectivity index (χ0n) is 13.2. The minimum atomic E-state index is -2.95. The second kappa shape index (κ2) is 8.28. The maximum Gasteiger partial charge on any atom is 0.306 e. The van der Waals surface area contributed by atoms with Gasteiger partial charge in [-0.25, -0.2) is 0 Å². The lowest BCUT2D eigenvalue weighted by Crippen LogP contribution is -2.25. The van der Waals surface area contributed by atoms with Crippen molar-refractivity contribution in [3.05, 3.63) is 29.8 Å². The molecular formula is C14H23N2O2PS2. The van der Waals surface area contributed by atoms with Crippen LogP contribution in [0.25, 0.3) is 0 Å². The molecule has 0 radical (unpaired) electrons. The first-order valence-corrected chi connectivity index (χ1v) is 10.8. The average Bonchev–Trinajstić information content (AvgIpc) is 2.46. The molecule has 7 heteroatoms. The van der Waals surface area contributed by atoms with Gasteiger partial charge in [0, 0.05) is 31.7 Å². The van der Waals surface area contributed by atoms with Crippen LogP contribution in [-0.4, -0.2) is 34.5 Å². The molecule has 0 saturated carbocycles. The molecule has 21 heavy (non-hydrogen) atoms. The van der Waals surface area contributed by atoms with Crippen molar-refractivity contribution in [1.82, 2.24) is 8.75 Å². The summed E-state index contributed by atoms with van der Waals surface area (Å²) in [6.07, 6.45) is 0.920. The summed E-state index contributed by atoms with van der Waals surface area (Å²) in [4.78, 5) is 12.7. The molecule has 1 amide bonds. The minimum absolute atomic E-state index is 0.182. The molecule has 0 fully saturated rings. The van der Waals surface area contributed by atoms with Crippen LogP contribution in [0.4, 0.5) is 0 Å². The summed E-state index contributed by atoms with van der Waals surface area (Å²) in [5.74, 6) is 0.575. The van der Waals surface area contributed by atoms with E-state index in [-0.39, 0.29) is 5.91 Å². The molecule has 4 nitrogen and oxygen atoms in total. The van der Waals surface area contributed by atoms with E-state index in [2.05, 4.69) is 0 Å². The van der Waals surface area contributed by atoms with Gasteiger partial charge in [0.05, 0.1) is 0 Å². The van der Waals surface area contributed by atoms with E-state index in [4.69, 9.17) is 0 Å². The van der Waals surface area contributed by atoms with Gasteiger partial charge >= 0.3 is 6.65 Å². The Bertz CT molecular complexity index is 522. The van der Waals surface area contributed by atoms with E-state index in [9.17, 15) is 9.36 Å². The lowest BCUT2D eigenvalue weighted by Gasteiger charge is -2.32. The zero-order chi connectivity index (χ0) is 16.0. The van der Waals surface area contributed by atoms with Crippen LogP contribution in [0, 0.1) is 6.92 Å². The minimum Gasteiger partial charge on any atom is -0.276 e. The van der Waals surface area contributed by atoms with Crippen LogP contribution >= 0.6 is 30.0 Å². The second-order valence-electron chi connectivity index (χ2n) is 4.73. The number of amides is 1. The van der Waals surface area contributed by atoms with Crippen molar-refractivity contribution < 1.29 is 9.36 Å². The highest BCUT2D eigenvalue weighted by Crippen LogP contribution is 2.66. The van der Waals surface area contributed by atoms with Gasteiger partial charge in [0.1, 0.15) is 0 Å². The summed E-state index contributed by atoms with van der Waals surface area (Å²) >= 11 is 2.77. The summed E-state index contributed by atoms with van der Waals surface area (Å²) in [5, 5.41) is 0. The smallest absolute Gasteiger partial charge is 0.276 e. The molecular weight excluding hydrogens is 323 g/mol. The Balaban J connectivity index is 2.94. The summed E-state index contributed by atoms with van der Waals surface area (Å²) in [5.41, 5.74) is 1.19. The van der Waals surface area contributed by atoms with E-state index < -0.39 is 6.65 Å². The fourth-order valence-electron chi connectivity index (χ4n) is 1.55. The first-order valence-electron chi connectivity index (χ1n) is 6.79. The molecule has 0 bridgehead atoms. The second-order valence-corrected chi connectivity index (χ2v) is 11.3. The molecule has 118 valence electrons. The Morgan fingerprint density at radius 2 is 1.81 bits per heavy atom. The maximum atomic E-state index is 13.3. The normalized spacial score (nSPS) is 14.0. The lowest BCUT2D eigenvalue weighted by atomic mass is 10.2. The van der Waals surface area contributed by atoms with Crippen LogP contribution in [0.5, 0.6) is 0 Å². The highest BCUT2D eigenvalue weighted by molar-refractivity contribution is 8.57. The molecule has 0 saturated heterocycles. The maximum absolute atomic E-state index is 13.3. The molecule has 0 spiro atoms. The van der Waals surface area contributed by atoms with Crippen LogP contribution in [0.15, 0.2) is 29.2 Å². The first-order chi connectivity index (χ1) is 9.81. The average molecular weight is 346 g/mol. The zero-order valence-corrected chi connectivity index (χ0v) is 15.7. The number of hydrogen-bond donors (Lipinski definition) is 0. The summed E-state index contributed by atoms with van der Waals surface area (Å²) in [6.45, 7) is 2.56. The summed E-state index contributed by atoms with van der Waals surface area (Å²) in [6, 6.07) is 8.04. The van der Waals surface area contributed by atoms with Gasteiger partial charge in [-0.3, -0.25) is 14.0 Å². The predicted octanol–water partition coefficient (Wildman–Crippen LogP) is 4.66. The molecule has 1 rings (SSSR count). The monoisotopic (exact) mass is 346 g/mol. The van der Waals surface area contributed by atoms with Gasteiger partial charge in [-0.15, -0.1) is 0 Å². The topological polar surface area (TPSA) is 40.6 Å². The highest BCUT2D eigenvalue weighted by atomic mass is 32.7. The van der Waals surface area contributed by atoms with Gasteiger partial charge in [0.25, 0.3) is 0 Å². The van der Waals surface area contributed by atoms with Crippen molar-refractivity contribution in [3.8, 4) is 0 Å². The van der Waals surface area contributed by atoms with Crippen molar-refractivity contribution in [2.45, 2.75) is 32.1 Å². The van der Waals surface area contributed by atoms with Gasteiger partial charge in [0.15, 0.2) is 0 Å². The van der Waals surface area contributed by atoms with E-state index in [0.29, 0.717) is 0 Å². The van der Waals surface area contributed by atoms with Crippen molar-refractivity contribution in [1.29, 1.82) is 0 Å². The first kappa shape index (κ1) is 18.6. The number of nitrogens with zero attached hydrogens (tertiary/aromatic N) is 2. The SMILES string of the molecule is CCCSP(=O)(N(C)Sc1ccc(C)cc1)N(C)C(C)=O. The number of benzene rings is 1. The van der Waals surface area contributed by atoms with Crippen molar-refractivity contribution in [3.63, 3.8) is 0 Å². The van der Waals surface area contributed by atoms with Gasteiger partial charge in [-0.05, 0) is 37.4 Å². The summed E-state index contributed by atoms with van der Waals surface area (Å²) in [7, 11) is 3.39. The van der Waals surface area contributed by atoms with Gasteiger partial charge in [-0.1, -0.05) is 36.0 Å². The lowest BCUT2D eigenvalue weighted by molar-refractivity contribution is -0.123. The predicted molar refractivity (Wildman–Crippen MR) is 93.6 cm³/mol. The van der Waals surface area contributed by atoms with E-state index in [1.165, 1.54) is 40.5 Å². The fourth-order valence-corrected chi connectivity index (χ4v) is 7.96. The molecule has 1 aromatic rings. The third-order valence-electron chi connectivity index (χ3n) is 2.91. The number of rotatable bonds is 7. The van der Waals surface area contributed by atoms with Crippen LogP contribution in [-0.2, 0) is 9.36 Å². The van der Waals surface area contributed by atoms with Gasteiger partial charge < -0.3 is 0 Å². The number of aryl methyl sites for hydroxylation is 1. The number of hydrogen-bond acceptors (Lipinski definition) is 4. The van der Waals surface area contributed by atoms with E-state index in [1.54, 1.807) is 18.2 Å². The van der Waals surface area contributed by atoms with Crippen molar-refractivity contribution in [2.75, 3.05) is 19.8 Å². The molecule has 1 atom stereocenters. The van der Waals surface area contributed by atoms with Gasteiger partial charge in [-0.2, -0.15) is 4.08 Å². The van der Waals surface area contributed by atoms with Gasteiger partial charge in [0.2, 0.25) is 5.91 Å². The molecule has 0 aliphatic carbocycles. The molecule has 0 N–H and O–H groups in total. The van der Waals surface area contributed by atoms with Crippen molar-refractivity contribution in [2.24, 2.45) is 0 Å².